The molecule has 110 valence electrons. The van der Waals surface area contributed by atoms with E-state index < -0.39 is 6.10 Å². The van der Waals surface area contributed by atoms with E-state index in [1.54, 1.807) is 4.90 Å². The second-order valence-electron chi connectivity index (χ2n) is 5.23. The Morgan fingerprint density at radius 3 is 2.75 bits per heavy atom. The van der Waals surface area contributed by atoms with Crippen molar-refractivity contribution in [2.45, 2.75) is 37.8 Å². The molecule has 1 aliphatic heterocycles. The quantitative estimate of drug-likeness (QED) is 0.886. The number of hydrogen-bond donors (Lipinski definition) is 2. The van der Waals surface area contributed by atoms with Crippen LogP contribution >= 0.6 is 11.6 Å². The minimum Gasteiger partial charge on any atom is -0.391 e. The van der Waals surface area contributed by atoms with Crippen LogP contribution in [0.2, 0.25) is 5.02 Å². The van der Waals surface area contributed by atoms with Gasteiger partial charge >= 0.3 is 0 Å². The number of likely N-dealkylation sites (tertiary alicyclic amines) is 1. The Kier molecular flexibility index (Phi) is 5.40. The van der Waals surface area contributed by atoms with Crippen molar-refractivity contribution in [3.63, 3.8) is 0 Å². The van der Waals surface area contributed by atoms with Gasteiger partial charge < -0.3 is 15.7 Å². The van der Waals surface area contributed by atoms with Crippen LogP contribution in [0.5, 0.6) is 0 Å². The Morgan fingerprint density at radius 2 is 2.10 bits per heavy atom. The summed E-state index contributed by atoms with van der Waals surface area (Å²) in [6.45, 7) is 1.05. The molecule has 1 saturated heterocycles. The molecule has 0 bridgehead atoms. The molecule has 0 saturated carbocycles. The molecule has 3 N–H and O–H groups in total. The van der Waals surface area contributed by atoms with Gasteiger partial charge in [0.1, 0.15) is 0 Å². The molecule has 1 fully saturated rings. The van der Waals surface area contributed by atoms with Crippen molar-refractivity contribution < 1.29 is 9.90 Å². The van der Waals surface area contributed by atoms with Gasteiger partial charge in [0.25, 0.3) is 0 Å². The van der Waals surface area contributed by atoms with Crippen molar-refractivity contribution in [3.05, 3.63) is 34.9 Å². The summed E-state index contributed by atoms with van der Waals surface area (Å²) in [6, 6.07) is 7.38. The zero-order valence-corrected chi connectivity index (χ0v) is 12.2. The Balaban J connectivity index is 2.11. The Labute approximate surface area is 124 Å². The van der Waals surface area contributed by atoms with Gasteiger partial charge in [0, 0.05) is 24.5 Å². The van der Waals surface area contributed by atoms with Gasteiger partial charge in [-0.05, 0) is 37.0 Å². The highest BCUT2D eigenvalue weighted by Gasteiger charge is 2.32. The maximum Gasteiger partial charge on any atom is 0.224 e. The number of benzene rings is 1. The lowest BCUT2D eigenvalue weighted by atomic mass is 9.92. The molecule has 0 spiro atoms. The number of halogens is 1. The fraction of sp³-hybridized carbons (Fsp3) is 0.533. The minimum atomic E-state index is -0.471. The van der Waals surface area contributed by atoms with Gasteiger partial charge in [0.05, 0.1) is 12.1 Å². The lowest BCUT2D eigenvalue weighted by Gasteiger charge is -2.39. The van der Waals surface area contributed by atoms with E-state index in [-0.39, 0.29) is 11.9 Å². The summed E-state index contributed by atoms with van der Waals surface area (Å²) in [5.74, 6) is 0.0326. The zero-order chi connectivity index (χ0) is 14.5. The normalized spacial score (nSPS) is 22.9. The van der Waals surface area contributed by atoms with E-state index in [0.29, 0.717) is 31.0 Å². The van der Waals surface area contributed by atoms with Crippen LogP contribution in [0.25, 0.3) is 0 Å². The SMILES string of the molecule is NCCC(=O)N1CCC[C@H](O)[C@@H]1Cc1ccc(Cl)cc1. The average molecular weight is 297 g/mol. The maximum atomic E-state index is 12.1. The molecule has 5 heteroatoms. The summed E-state index contributed by atoms with van der Waals surface area (Å²) in [4.78, 5) is 13.9. The Morgan fingerprint density at radius 1 is 1.40 bits per heavy atom. The summed E-state index contributed by atoms with van der Waals surface area (Å²) in [5, 5.41) is 10.9. The fourth-order valence-electron chi connectivity index (χ4n) is 2.72. The first-order chi connectivity index (χ1) is 9.61. The third kappa shape index (κ3) is 3.72. The van der Waals surface area contributed by atoms with Gasteiger partial charge in [-0.1, -0.05) is 23.7 Å². The molecule has 2 rings (SSSR count). The molecule has 1 amide bonds. The highest BCUT2D eigenvalue weighted by molar-refractivity contribution is 6.30. The largest absolute Gasteiger partial charge is 0.391 e. The fourth-order valence-corrected chi connectivity index (χ4v) is 2.85. The van der Waals surface area contributed by atoms with Crippen molar-refractivity contribution in [3.8, 4) is 0 Å². The molecule has 0 radical (unpaired) electrons. The van der Waals surface area contributed by atoms with Crippen LogP contribution in [0.4, 0.5) is 0 Å². The molecule has 0 unspecified atom stereocenters. The van der Waals surface area contributed by atoms with Gasteiger partial charge in [-0.2, -0.15) is 0 Å². The predicted octanol–water partition coefficient (Wildman–Crippen LogP) is 1.58. The van der Waals surface area contributed by atoms with Crippen molar-refractivity contribution in [1.82, 2.24) is 4.90 Å². The highest BCUT2D eigenvalue weighted by Crippen LogP contribution is 2.23. The van der Waals surface area contributed by atoms with Crippen LogP contribution in [0, 0.1) is 0 Å². The summed E-state index contributed by atoms with van der Waals surface area (Å²) >= 11 is 5.88. The van der Waals surface area contributed by atoms with Gasteiger partial charge in [0.2, 0.25) is 5.91 Å². The molecule has 1 aromatic rings. The van der Waals surface area contributed by atoms with E-state index in [2.05, 4.69) is 0 Å². The molecule has 1 aliphatic rings. The number of amides is 1. The third-order valence-electron chi connectivity index (χ3n) is 3.78. The maximum absolute atomic E-state index is 12.1. The van der Waals surface area contributed by atoms with Crippen LogP contribution in [-0.2, 0) is 11.2 Å². The number of carbonyl (C=O) groups excluding carboxylic acids is 1. The number of rotatable bonds is 4. The first-order valence-electron chi connectivity index (χ1n) is 7.04. The topological polar surface area (TPSA) is 66.6 Å². The number of aliphatic hydroxyl groups is 1. The van der Waals surface area contributed by atoms with E-state index in [0.717, 1.165) is 18.4 Å². The van der Waals surface area contributed by atoms with E-state index in [1.807, 2.05) is 24.3 Å². The smallest absolute Gasteiger partial charge is 0.224 e. The van der Waals surface area contributed by atoms with Crippen molar-refractivity contribution in [2.75, 3.05) is 13.1 Å². The van der Waals surface area contributed by atoms with Crippen LogP contribution in [0.1, 0.15) is 24.8 Å². The van der Waals surface area contributed by atoms with E-state index in [1.165, 1.54) is 0 Å². The summed E-state index contributed by atoms with van der Waals surface area (Å²) in [6.07, 6.45) is 2.10. The zero-order valence-electron chi connectivity index (χ0n) is 11.5. The number of piperidine rings is 1. The van der Waals surface area contributed by atoms with Crippen molar-refractivity contribution in [1.29, 1.82) is 0 Å². The van der Waals surface area contributed by atoms with E-state index in [9.17, 15) is 9.90 Å². The van der Waals surface area contributed by atoms with Gasteiger partial charge in [-0.15, -0.1) is 0 Å². The number of aliphatic hydroxyl groups excluding tert-OH is 1. The van der Waals surface area contributed by atoms with Crippen molar-refractivity contribution >= 4 is 17.5 Å². The van der Waals surface area contributed by atoms with E-state index in [4.69, 9.17) is 17.3 Å². The number of nitrogens with two attached hydrogens (primary N) is 1. The molecular formula is C15H21ClN2O2. The third-order valence-corrected chi connectivity index (χ3v) is 4.03. The second-order valence-corrected chi connectivity index (χ2v) is 5.67. The summed E-state index contributed by atoms with van der Waals surface area (Å²) in [7, 11) is 0. The van der Waals surface area contributed by atoms with Gasteiger partial charge in [-0.3, -0.25) is 4.79 Å². The number of nitrogens with zero attached hydrogens (tertiary/aromatic N) is 1. The van der Waals surface area contributed by atoms with Crippen LogP contribution in [-0.4, -0.2) is 41.1 Å². The minimum absolute atomic E-state index is 0.0326. The van der Waals surface area contributed by atoms with Crippen LogP contribution in [0.15, 0.2) is 24.3 Å². The molecule has 2 atom stereocenters. The highest BCUT2D eigenvalue weighted by atomic mass is 35.5. The van der Waals surface area contributed by atoms with Crippen LogP contribution in [0.3, 0.4) is 0 Å². The lowest BCUT2D eigenvalue weighted by Crippen LogP contribution is -2.52. The molecule has 1 heterocycles. The number of hydrogen-bond acceptors (Lipinski definition) is 3. The number of carbonyl (C=O) groups is 1. The lowest BCUT2D eigenvalue weighted by molar-refractivity contribution is -0.138. The first-order valence-corrected chi connectivity index (χ1v) is 7.41. The average Bonchev–Trinajstić information content (AvgIpc) is 2.43. The Hall–Kier alpha value is -1.10. The Bertz CT molecular complexity index is 450. The monoisotopic (exact) mass is 296 g/mol. The standard InChI is InChI=1S/C15H21ClN2O2/c16-12-5-3-11(4-6-12)10-13-14(19)2-1-9-18(13)15(20)7-8-17/h3-6,13-14,19H,1-2,7-10,17H2/t13-,14-/m0/s1. The molecule has 1 aromatic carbocycles. The second kappa shape index (κ2) is 7.07. The first kappa shape index (κ1) is 15.3. The summed E-state index contributed by atoms with van der Waals surface area (Å²) < 4.78 is 0. The van der Waals surface area contributed by atoms with Gasteiger partial charge in [-0.25, -0.2) is 0 Å². The molecule has 20 heavy (non-hydrogen) atoms. The molecule has 4 nitrogen and oxygen atoms in total. The molecule has 0 aromatic heterocycles. The summed E-state index contributed by atoms with van der Waals surface area (Å²) in [5.41, 5.74) is 6.54. The molecular weight excluding hydrogens is 276 g/mol. The van der Waals surface area contributed by atoms with Crippen LogP contribution < -0.4 is 5.73 Å². The molecule has 0 aliphatic carbocycles. The van der Waals surface area contributed by atoms with E-state index >= 15 is 0 Å². The van der Waals surface area contributed by atoms with Crippen molar-refractivity contribution in [2.24, 2.45) is 5.73 Å². The van der Waals surface area contributed by atoms with Gasteiger partial charge in [0.15, 0.2) is 0 Å². The predicted molar refractivity (Wildman–Crippen MR) is 79.6 cm³/mol.